The Morgan fingerprint density at radius 2 is 2.06 bits per heavy atom. The second-order valence-corrected chi connectivity index (χ2v) is 4.65. The molecule has 0 aliphatic heterocycles. The molecule has 1 unspecified atom stereocenters. The quantitative estimate of drug-likeness (QED) is 0.527. The fourth-order valence-corrected chi connectivity index (χ4v) is 1.66. The van der Waals surface area contributed by atoms with Crippen molar-refractivity contribution in [1.82, 2.24) is 5.32 Å². The SMILES string of the molecule is C=CCC(C)NCc1ccc(OCCCC)cc1. The van der Waals surface area contributed by atoms with Gasteiger partial charge in [-0.15, -0.1) is 6.58 Å². The van der Waals surface area contributed by atoms with Gasteiger partial charge in [0, 0.05) is 12.6 Å². The zero-order valence-corrected chi connectivity index (χ0v) is 11.6. The van der Waals surface area contributed by atoms with E-state index in [1.165, 1.54) is 12.0 Å². The number of ether oxygens (including phenoxy) is 1. The van der Waals surface area contributed by atoms with Crippen LogP contribution in [0.15, 0.2) is 36.9 Å². The maximum Gasteiger partial charge on any atom is 0.119 e. The normalized spacial score (nSPS) is 12.1. The van der Waals surface area contributed by atoms with Crippen molar-refractivity contribution in [2.45, 2.75) is 45.7 Å². The number of nitrogens with one attached hydrogen (secondary N) is 1. The number of unbranched alkanes of at least 4 members (excludes halogenated alkanes) is 1. The van der Waals surface area contributed by atoms with Crippen LogP contribution in [-0.2, 0) is 6.54 Å². The lowest BCUT2D eigenvalue weighted by atomic mass is 10.2. The van der Waals surface area contributed by atoms with E-state index in [1.807, 2.05) is 18.2 Å². The third-order valence-electron chi connectivity index (χ3n) is 2.86. The molecular weight excluding hydrogens is 222 g/mol. The Morgan fingerprint density at radius 3 is 2.67 bits per heavy atom. The lowest BCUT2D eigenvalue weighted by Gasteiger charge is -2.12. The van der Waals surface area contributed by atoms with Crippen LogP contribution in [-0.4, -0.2) is 12.6 Å². The molecule has 0 heterocycles. The molecule has 0 aromatic heterocycles. The van der Waals surface area contributed by atoms with Crippen LogP contribution in [0.5, 0.6) is 5.75 Å². The molecule has 0 saturated carbocycles. The number of hydrogen-bond donors (Lipinski definition) is 1. The zero-order valence-electron chi connectivity index (χ0n) is 11.6. The van der Waals surface area contributed by atoms with Crippen molar-refractivity contribution in [3.63, 3.8) is 0 Å². The monoisotopic (exact) mass is 247 g/mol. The molecule has 0 spiro atoms. The first-order valence-corrected chi connectivity index (χ1v) is 6.82. The first-order valence-electron chi connectivity index (χ1n) is 6.82. The van der Waals surface area contributed by atoms with E-state index in [9.17, 15) is 0 Å². The third kappa shape index (κ3) is 5.87. The molecule has 1 rings (SSSR count). The fourth-order valence-electron chi connectivity index (χ4n) is 1.66. The molecule has 2 nitrogen and oxygen atoms in total. The van der Waals surface area contributed by atoms with Gasteiger partial charge in [0.25, 0.3) is 0 Å². The van der Waals surface area contributed by atoms with E-state index in [0.29, 0.717) is 6.04 Å². The maximum atomic E-state index is 5.63. The first kappa shape index (κ1) is 14.8. The molecule has 1 atom stereocenters. The molecule has 1 N–H and O–H groups in total. The Morgan fingerprint density at radius 1 is 1.33 bits per heavy atom. The van der Waals surface area contributed by atoms with Crippen LogP contribution in [0.3, 0.4) is 0 Å². The molecule has 1 aromatic carbocycles. The molecule has 1 aromatic rings. The number of hydrogen-bond acceptors (Lipinski definition) is 2. The van der Waals surface area contributed by atoms with Crippen molar-refractivity contribution in [2.75, 3.05) is 6.61 Å². The maximum absolute atomic E-state index is 5.63. The predicted molar refractivity (Wildman–Crippen MR) is 78.0 cm³/mol. The van der Waals surface area contributed by atoms with E-state index in [0.717, 1.165) is 31.7 Å². The third-order valence-corrected chi connectivity index (χ3v) is 2.86. The van der Waals surface area contributed by atoms with Gasteiger partial charge in [0.2, 0.25) is 0 Å². The number of benzene rings is 1. The minimum atomic E-state index is 0.475. The summed E-state index contributed by atoms with van der Waals surface area (Å²) in [5.74, 6) is 0.964. The molecular formula is C16H25NO. The van der Waals surface area contributed by atoms with Crippen molar-refractivity contribution in [1.29, 1.82) is 0 Å². The highest BCUT2D eigenvalue weighted by molar-refractivity contribution is 5.27. The summed E-state index contributed by atoms with van der Waals surface area (Å²) in [6.45, 7) is 9.79. The minimum absolute atomic E-state index is 0.475. The highest BCUT2D eigenvalue weighted by Crippen LogP contribution is 2.12. The molecule has 18 heavy (non-hydrogen) atoms. The smallest absolute Gasteiger partial charge is 0.119 e. The molecule has 0 radical (unpaired) electrons. The standard InChI is InChI=1S/C16H25NO/c1-4-6-12-18-16-10-8-15(9-11-16)13-17-14(3)7-5-2/h5,8-11,14,17H,2,4,6-7,12-13H2,1,3H3. The van der Waals surface area contributed by atoms with Crippen molar-refractivity contribution in [3.05, 3.63) is 42.5 Å². The Labute approximate surface area is 111 Å². The van der Waals surface area contributed by atoms with Gasteiger partial charge in [0.1, 0.15) is 5.75 Å². The van der Waals surface area contributed by atoms with E-state index < -0.39 is 0 Å². The minimum Gasteiger partial charge on any atom is -0.494 e. The van der Waals surface area contributed by atoms with E-state index in [1.54, 1.807) is 0 Å². The molecule has 0 saturated heterocycles. The van der Waals surface area contributed by atoms with Gasteiger partial charge in [0.15, 0.2) is 0 Å². The first-order chi connectivity index (χ1) is 8.76. The van der Waals surface area contributed by atoms with E-state index in [2.05, 4.69) is 37.9 Å². The van der Waals surface area contributed by atoms with Crippen molar-refractivity contribution in [2.24, 2.45) is 0 Å². The van der Waals surface area contributed by atoms with E-state index >= 15 is 0 Å². The van der Waals surface area contributed by atoms with Gasteiger partial charge in [-0.3, -0.25) is 0 Å². The highest BCUT2D eigenvalue weighted by atomic mass is 16.5. The van der Waals surface area contributed by atoms with Crippen LogP contribution in [0.2, 0.25) is 0 Å². The Balaban J connectivity index is 2.33. The summed E-state index contributed by atoms with van der Waals surface area (Å²) in [6, 6.07) is 8.81. The lowest BCUT2D eigenvalue weighted by molar-refractivity contribution is 0.309. The van der Waals surface area contributed by atoms with Crippen LogP contribution in [0, 0.1) is 0 Å². The highest BCUT2D eigenvalue weighted by Gasteiger charge is 1.99. The average molecular weight is 247 g/mol. The summed E-state index contributed by atoms with van der Waals surface area (Å²) < 4.78 is 5.63. The van der Waals surface area contributed by atoms with Gasteiger partial charge in [-0.25, -0.2) is 0 Å². The Kier molecular flexibility index (Phi) is 7.19. The summed E-state index contributed by atoms with van der Waals surface area (Å²) in [4.78, 5) is 0. The van der Waals surface area contributed by atoms with Gasteiger partial charge < -0.3 is 10.1 Å². The van der Waals surface area contributed by atoms with Gasteiger partial charge in [-0.05, 0) is 37.5 Å². The van der Waals surface area contributed by atoms with Gasteiger partial charge in [-0.2, -0.15) is 0 Å². The Hall–Kier alpha value is -1.28. The number of rotatable bonds is 9. The van der Waals surface area contributed by atoms with Gasteiger partial charge >= 0.3 is 0 Å². The van der Waals surface area contributed by atoms with Crippen molar-refractivity contribution >= 4 is 0 Å². The second-order valence-electron chi connectivity index (χ2n) is 4.65. The van der Waals surface area contributed by atoms with Gasteiger partial charge in [0.05, 0.1) is 6.61 Å². The summed E-state index contributed by atoms with van der Waals surface area (Å²) in [7, 11) is 0. The summed E-state index contributed by atoms with van der Waals surface area (Å²) in [5, 5.41) is 3.46. The summed E-state index contributed by atoms with van der Waals surface area (Å²) >= 11 is 0. The molecule has 0 aliphatic rings. The van der Waals surface area contributed by atoms with Crippen molar-refractivity contribution in [3.8, 4) is 5.75 Å². The summed E-state index contributed by atoms with van der Waals surface area (Å²) in [6.07, 6.45) is 5.23. The van der Waals surface area contributed by atoms with E-state index in [4.69, 9.17) is 4.74 Å². The van der Waals surface area contributed by atoms with Crippen LogP contribution in [0.4, 0.5) is 0 Å². The van der Waals surface area contributed by atoms with Crippen molar-refractivity contribution < 1.29 is 4.74 Å². The lowest BCUT2D eigenvalue weighted by Crippen LogP contribution is -2.24. The molecule has 0 aliphatic carbocycles. The van der Waals surface area contributed by atoms with Gasteiger partial charge in [-0.1, -0.05) is 31.6 Å². The largest absolute Gasteiger partial charge is 0.494 e. The topological polar surface area (TPSA) is 21.3 Å². The Bertz CT molecular complexity index is 331. The molecule has 2 heteroatoms. The molecule has 0 bridgehead atoms. The zero-order chi connectivity index (χ0) is 13.2. The fraction of sp³-hybridized carbons (Fsp3) is 0.500. The molecule has 0 fully saturated rings. The predicted octanol–water partition coefficient (Wildman–Crippen LogP) is 3.92. The molecule has 100 valence electrons. The second kappa shape index (κ2) is 8.76. The average Bonchev–Trinajstić information content (AvgIpc) is 2.38. The van der Waals surface area contributed by atoms with Crippen LogP contribution in [0.1, 0.15) is 38.7 Å². The van der Waals surface area contributed by atoms with E-state index in [-0.39, 0.29) is 0 Å². The molecule has 0 amide bonds. The van der Waals surface area contributed by atoms with Crippen LogP contribution >= 0.6 is 0 Å². The van der Waals surface area contributed by atoms with Crippen LogP contribution < -0.4 is 10.1 Å². The van der Waals surface area contributed by atoms with Crippen LogP contribution in [0.25, 0.3) is 0 Å². The summed E-state index contributed by atoms with van der Waals surface area (Å²) in [5.41, 5.74) is 1.29.